The van der Waals surface area contributed by atoms with Crippen molar-refractivity contribution in [2.24, 2.45) is 0 Å². The molecule has 3 rings (SSSR count). The summed E-state index contributed by atoms with van der Waals surface area (Å²) in [5, 5.41) is 2.88. The first-order valence-corrected chi connectivity index (χ1v) is 6.28. The van der Waals surface area contributed by atoms with E-state index in [0.717, 1.165) is 10.8 Å². The van der Waals surface area contributed by atoms with Crippen LogP contribution in [0, 0.1) is 5.82 Å². The van der Waals surface area contributed by atoms with E-state index in [0.29, 0.717) is 5.69 Å². The van der Waals surface area contributed by atoms with Gasteiger partial charge in [0.05, 0.1) is 5.39 Å². The van der Waals surface area contributed by atoms with Crippen LogP contribution in [-0.2, 0) is 11.3 Å². The van der Waals surface area contributed by atoms with Crippen LogP contribution in [0.2, 0.25) is 0 Å². The second-order valence-corrected chi connectivity index (χ2v) is 4.49. The van der Waals surface area contributed by atoms with Gasteiger partial charge in [-0.2, -0.15) is 4.74 Å². The van der Waals surface area contributed by atoms with Crippen molar-refractivity contribution in [2.75, 3.05) is 5.32 Å². The summed E-state index contributed by atoms with van der Waals surface area (Å²) in [4.78, 5) is 23.9. The monoisotopic (exact) mass is 286 g/mol. The third-order valence-corrected chi connectivity index (χ3v) is 2.95. The molecule has 106 valence electrons. The van der Waals surface area contributed by atoms with Gasteiger partial charge in [-0.15, -0.1) is 0 Å². The van der Waals surface area contributed by atoms with Crippen LogP contribution < -0.4 is 10.9 Å². The number of carbonyl (C=O) groups is 1. The summed E-state index contributed by atoms with van der Waals surface area (Å²) in [6.45, 7) is -0.274. The van der Waals surface area contributed by atoms with Gasteiger partial charge in [0.2, 0.25) is 5.91 Å². The van der Waals surface area contributed by atoms with Gasteiger partial charge < -0.3 is 9.84 Å². The predicted octanol–water partition coefficient (Wildman–Crippen LogP) is 2.37. The molecule has 1 aromatic heterocycles. The number of para-hydroxylation sites is 1. The molecule has 1 amide bonds. The van der Waals surface area contributed by atoms with Crippen LogP contribution in [0.3, 0.4) is 0 Å². The van der Waals surface area contributed by atoms with E-state index in [2.05, 4.69) is 5.32 Å². The fourth-order valence-electron chi connectivity index (χ4n) is 2.00. The van der Waals surface area contributed by atoms with Gasteiger partial charge in [-0.1, -0.05) is 18.2 Å². The predicted molar refractivity (Wildman–Crippen MR) is 75.5 cm³/mol. The number of fused-ring (bicyclic) bond motifs is 1. The van der Waals surface area contributed by atoms with Gasteiger partial charge in [0.25, 0.3) is 5.56 Å². The van der Waals surface area contributed by atoms with E-state index >= 15 is 0 Å². The summed E-state index contributed by atoms with van der Waals surface area (Å²) in [5.74, 6) is -0.903. The largest absolute Gasteiger partial charge is 0.375 e. The number of nitrogens with one attached hydrogen (secondary N) is 1. The maximum Gasteiger partial charge on any atom is 0.290 e. The number of amides is 1. The van der Waals surface area contributed by atoms with Crippen molar-refractivity contribution in [3.05, 3.63) is 64.7 Å². The minimum atomic E-state index is -0.503. The Kier molecular flexibility index (Phi) is 3.27. The van der Waals surface area contributed by atoms with Crippen molar-refractivity contribution in [3.63, 3.8) is 0 Å². The number of hydrogen-bond donors (Lipinski definition) is 1. The quantitative estimate of drug-likeness (QED) is 0.804. The Morgan fingerprint density at radius 2 is 1.95 bits per heavy atom. The smallest absolute Gasteiger partial charge is 0.290 e. The third kappa shape index (κ3) is 2.69. The van der Waals surface area contributed by atoms with Crippen LogP contribution in [0.4, 0.5) is 10.1 Å². The Morgan fingerprint density at radius 1 is 1.19 bits per heavy atom. The van der Waals surface area contributed by atoms with Crippen LogP contribution in [0.5, 0.6) is 0 Å². The van der Waals surface area contributed by atoms with E-state index in [1.165, 1.54) is 12.1 Å². The molecule has 0 fully saturated rings. The molecule has 2 aromatic carbocycles. The Labute approximate surface area is 118 Å². The molecule has 0 aliphatic rings. The molecule has 0 saturated carbocycles. The van der Waals surface area contributed by atoms with Gasteiger partial charge in [0, 0.05) is 11.8 Å². The lowest BCUT2D eigenvalue weighted by Gasteiger charge is -2.03. The molecular formula is C15H11FN2O3. The zero-order valence-electron chi connectivity index (χ0n) is 10.9. The zero-order valence-corrected chi connectivity index (χ0v) is 10.9. The Bertz CT molecular complexity index is 852. The third-order valence-electron chi connectivity index (χ3n) is 2.95. The van der Waals surface area contributed by atoms with Gasteiger partial charge >= 0.3 is 0 Å². The highest BCUT2D eigenvalue weighted by molar-refractivity contribution is 5.90. The van der Waals surface area contributed by atoms with Gasteiger partial charge in [0.15, 0.2) is 5.58 Å². The van der Waals surface area contributed by atoms with Gasteiger partial charge in [-0.25, -0.2) is 4.39 Å². The van der Waals surface area contributed by atoms with Crippen molar-refractivity contribution < 1.29 is 13.7 Å². The number of aromatic nitrogens is 1. The molecule has 0 atom stereocenters. The topological polar surface area (TPSA) is 64.2 Å². The Hall–Kier alpha value is -2.89. The minimum Gasteiger partial charge on any atom is -0.375 e. The summed E-state index contributed by atoms with van der Waals surface area (Å²) >= 11 is 0. The van der Waals surface area contributed by atoms with Crippen molar-refractivity contribution >= 4 is 22.6 Å². The maximum absolute atomic E-state index is 13.1. The lowest BCUT2D eigenvalue weighted by Crippen LogP contribution is -2.24. The molecule has 0 aliphatic heterocycles. The summed E-state index contributed by atoms with van der Waals surface area (Å²) in [6.07, 6.45) is 0. The molecule has 1 heterocycles. The Morgan fingerprint density at radius 3 is 2.71 bits per heavy atom. The highest BCUT2D eigenvalue weighted by Gasteiger charge is 2.13. The van der Waals surface area contributed by atoms with E-state index in [4.69, 9.17) is 4.52 Å². The number of anilines is 1. The van der Waals surface area contributed by atoms with Gasteiger partial charge in [-0.3, -0.25) is 9.59 Å². The van der Waals surface area contributed by atoms with Crippen LogP contribution in [0.1, 0.15) is 0 Å². The summed E-state index contributed by atoms with van der Waals surface area (Å²) in [5.41, 5.74) is 0.276. The molecular weight excluding hydrogens is 275 g/mol. The van der Waals surface area contributed by atoms with Crippen molar-refractivity contribution in [1.82, 2.24) is 4.74 Å². The lowest BCUT2D eigenvalue weighted by atomic mass is 10.2. The number of benzene rings is 2. The Balaban J connectivity index is 1.83. The molecule has 5 nitrogen and oxygen atoms in total. The van der Waals surface area contributed by atoms with E-state index < -0.39 is 17.3 Å². The van der Waals surface area contributed by atoms with Crippen LogP contribution in [0.25, 0.3) is 11.0 Å². The first-order valence-electron chi connectivity index (χ1n) is 6.28. The average molecular weight is 286 g/mol. The first-order chi connectivity index (χ1) is 10.1. The molecule has 0 radical (unpaired) electrons. The standard InChI is InChI=1S/C15H11FN2O3/c16-10-6-7-12-13(8-10)21-18(15(12)20)9-14(19)17-11-4-2-1-3-5-11/h1-8H,9H2,(H,17,19). The fraction of sp³-hybridized carbons (Fsp3) is 0.0667. The highest BCUT2D eigenvalue weighted by atomic mass is 19.1. The molecule has 0 unspecified atom stereocenters. The van der Waals surface area contributed by atoms with Gasteiger partial charge in [-0.05, 0) is 24.3 Å². The molecule has 6 heteroatoms. The highest BCUT2D eigenvalue weighted by Crippen LogP contribution is 2.12. The van der Waals surface area contributed by atoms with E-state index in [9.17, 15) is 14.0 Å². The van der Waals surface area contributed by atoms with Crippen molar-refractivity contribution in [1.29, 1.82) is 0 Å². The van der Waals surface area contributed by atoms with E-state index in [-0.39, 0.29) is 17.5 Å². The zero-order chi connectivity index (χ0) is 14.8. The average Bonchev–Trinajstić information content (AvgIpc) is 2.75. The number of carbonyl (C=O) groups excluding carboxylic acids is 1. The van der Waals surface area contributed by atoms with E-state index in [1.54, 1.807) is 24.3 Å². The first kappa shape index (κ1) is 13.1. The van der Waals surface area contributed by atoms with Crippen LogP contribution in [0.15, 0.2) is 57.8 Å². The molecule has 0 saturated heterocycles. The maximum atomic E-state index is 13.1. The SMILES string of the molecule is O=C(Cn1oc2cc(F)ccc2c1=O)Nc1ccccc1. The van der Waals surface area contributed by atoms with Crippen molar-refractivity contribution in [3.8, 4) is 0 Å². The van der Waals surface area contributed by atoms with Gasteiger partial charge in [0.1, 0.15) is 12.4 Å². The van der Waals surface area contributed by atoms with E-state index in [1.807, 2.05) is 6.07 Å². The molecule has 1 N–H and O–H groups in total. The number of rotatable bonds is 3. The van der Waals surface area contributed by atoms with Crippen molar-refractivity contribution in [2.45, 2.75) is 6.54 Å². The lowest BCUT2D eigenvalue weighted by molar-refractivity contribution is -0.117. The summed E-state index contributed by atoms with van der Waals surface area (Å²) in [7, 11) is 0. The molecule has 21 heavy (non-hydrogen) atoms. The fourth-order valence-corrected chi connectivity index (χ4v) is 2.00. The molecule has 0 spiro atoms. The van der Waals surface area contributed by atoms with Crippen LogP contribution in [-0.4, -0.2) is 10.6 Å². The molecule has 0 aliphatic carbocycles. The molecule has 0 bridgehead atoms. The second kappa shape index (κ2) is 5.24. The molecule has 3 aromatic rings. The number of halogens is 1. The summed E-state index contributed by atoms with van der Waals surface area (Å²) in [6, 6.07) is 12.5. The minimum absolute atomic E-state index is 0.118. The second-order valence-electron chi connectivity index (χ2n) is 4.49. The summed E-state index contributed by atoms with van der Waals surface area (Å²) < 4.78 is 19.2. The number of nitrogens with zero attached hydrogens (tertiary/aromatic N) is 1. The number of hydrogen-bond acceptors (Lipinski definition) is 3. The van der Waals surface area contributed by atoms with Crippen LogP contribution >= 0.6 is 0 Å². The normalized spacial score (nSPS) is 10.7.